The van der Waals surface area contributed by atoms with Crippen LogP contribution < -0.4 is 10.1 Å². The number of amides is 1. The largest absolute Gasteiger partial charge is 0.497 e. The molecule has 5 nitrogen and oxygen atoms in total. The lowest BCUT2D eigenvalue weighted by Crippen LogP contribution is -2.26. The maximum Gasteiger partial charge on any atom is 0.270 e. The zero-order valence-corrected chi connectivity index (χ0v) is 12.8. The number of nitrogens with zero attached hydrogens (tertiary/aromatic N) is 2. The third-order valence-corrected chi connectivity index (χ3v) is 3.62. The number of carbonyl (C=O) groups excluding carboxylic acids is 1. The van der Waals surface area contributed by atoms with Crippen LogP contribution in [0.25, 0.3) is 10.9 Å². The maximum atomic E-state index is 12.3. The summed E-state index contributed by atoms with van der Waals surface area (Å²) >= 11 is 0. The van der Waals surface area contributed by atoms with Crippen molar-refractivity contribution in [2.75, 3.05) is 13.7 Å². The lowest BCUT2D eigenvalue weighted by Gasteiger charge is -2.07. The number of benzene rings is 2. The summed E-state index contributed by atoms with van der Waals surface area (Å²) in [6.07, 6.45) is 2.17. The summed E-state index contributed by atoms with van der Waals surface area (Å²) in [6, 6.07) is 15.3. The number of rotatable bonds is 5. The third kappa shape index (κ3) is 3.45. The van der Waals surface area contributed by atoms with Gasteiger partial charge in [-0.2, -0.15) is 0 Å². The van der Waals surface area contributed by atoms with Gasteiger partial charge in [0.25, 0.3) is 5.91 Å². The van der Waals surface area contributed by atoms with Gasteiger partial charge in [-0.05, 0) is 30.2 Å². The molecule has 1 N–H and O–H groups in total. The second kappa shape index (κ2) is 6.87. The molecule has 3 aromatic rings. The number of para-hydroxylation sites is 1. The van der Waals surface area contributed by atoms with Gasteiger partial charge < -0.3 is 10.1 Å². The second-order valence-corrected chi connectivity index (χ2v) is 5.09. The highest BCUT2D eigenvalue weighted by Crippen LogP contribution is 2.14. The topological polar surface area (TPSA) is 64.1 Å². The van der Waals surface area contributed by atoms with Gasteiger partial charge in [0.15, 0.2) is 0 Å². The minimum absolute atomic E-state index is 0.183. The molecule has 0 spiro atoms. The van der Waals surface area contributed by atoms with E-state index in [9.17, 15) is 4.79 Å². The smallest absolute Gasteiger partial charge is 0.270 e. The van der Waals surface area contributed by atoms with E-state index in [0.717, 1.165) is 28.6 Å². The van der Waals surface area contributed by atoms with Crippen molar-refractivity contribution < 1.29 is 9.53 Å². The molecular formula is C18H17N3O2. The molecule has 5 heteroatoms. The Morgan fingerprint density at radius 1 is 1.09 bits per heavy atom. The number of fused-ring (bicyclic) bond motifs is 1. The van der Waals surface area contributed by atoms with E-state index >= 15 is 0 Å². The van der Waals surface area contributed by atoms with Crippen LogP contribution in [0, 0.1) is 0 Å². The predicted molar refractivity (Wildman–Crippen MR) is 88.6 cm³/mol. The molecule has 0 radical (unpaired) electrons. The molecule has 3 rings (SSSR count). The highest BCUT2D eigenvalue weighted by Gasteiger charge is 2.11. The van der Waals surface area contributed by atoms with E-state index in [0.29, 0.717) is 12.2 Å². The van der Waals surface area contributed by atoms with Gasteiger partial charge >= 0.3 is 0 Å². The molecule has 0 saturated heterocycles. The maximum absolute atomic E-state index is 12.3. The molecule has 1 aromatic heterocycles. The van der Waals surface area contributed by atoms with Gasteiger partial charge in [0.1, 0.15) is 17.8 Å². The van der Waals surface area contributed by atoms with E-state index in [1.807, 2.05) is 48.5 Å². The van der Waals surface area contributed by atoms with Crippen LogP contribution in [0.15, 0.2) is 54.9 Å². The summed E-state index contributed by atoms with van der Waals surface area (Å²) < 4.78 is 5.13. The molecule has 0 aliphatic rings. The van der Waals surface area contributed by atoms with Crippen molar-refractivity contribution in [3.8, 4) is 5.75 Å². The number of methoxy groups -OCH3 is 1. The van der Waals surface area contributed by atoms with Crippen molar-refractivity contribution in [3.63, 3.8) is 0 Å². The van der Waals surface area contributed by atoms with Crippen LogP contribution >= 0.6 is 0 Å². The summed E-state index contributed by atoms with van der Waals surface area (Å²) in [5.74, 6) is 0.641. The van der Waals surface area contributed by atoms with Crippen LogP contribution in [0.3, 0.4) is 0 Å². The first kappa shape index (κ1) is 15.0. The zero-order chi connectivity index (χ0) is 16.1. The van der Waals surface area contributed by atoms with Gasteiger partial charge in [-0.3, -0.25) is 4.79 Å². The third-order valence-electron chi connectivity index (χ3n) is 3.62. The van der Waals surface area contributed by atoms with Crippen molar-refractivity contribution in [2.24, 2.45) is 0 Å². The highest BCUT2D eigenvalue weighted by atomic mass is 16.5. The molecule has 0 aliphatic carbocycles. The number of aromatic nitrogens is 2. The molecule has 0 bridgehead atoms. The summed E-state index contributed by atoms with van der Waals surface area (Å²) in [5, 5.41) is 3.67. The quantitative estimate of drug-likeness (QED) is 0.787. The molecule has 2 aromatic carbocycles. The van der Waals surface area contributed by atoms with E-state index < -0.39 is 0 Å². The summed E-state index contributed by atoms with van der Waals surface area (Å²) in [4.78, 5) is 20.6. The lowest BCUT2D eigenvalue weighted by atomic mass is 10.1. The van der Waals surface area contributed by atoms with Crippen molar-refractivity contribution in [3.05, 3.63) is 66.1 Å². The molecule has 0 atom stereocenters. The molecule has 23 heavy (non-hydrogen) atoms. The first-order valence-corrected chi connectivity index (χ1v) is 7.39. The van der Waals surface area contributed by atoms with Gasteiger partial charge in [-0.1, -0.05) is 30.3 Å². The molecule has 1 amide bonds. The fraction of sp³-hybridized carbons (Fsp3) is 0.167. The minimum Gasteiger partial charge on any atom is -0.497 e. The molecular weight excluding hydrogens is 290 g/mol. The number of hydrogen-bond donors (Lipinski definition) is 1. The second-order valence-electron chi connectivity index (χ2n) is 5.09. The van der Waals surface area contributed by atoms with Crippen LogP contribution in [0.5, 0.6) is 5.75 Å². The molecule has 0 saturated carbocycles. The lowest BCUT2D eigenvalue weighted by molar-refractivity contribution is 0.0951. The molecule has 116 valence electrons. The molecule has 0 aliphatic heterocycles. The number of carbonyl (C=O) groups is 1. The van der Waals surface area contributed by atoms with Crippen LogP contribution in [-0.2, 0) is 6.42 Å². The normalized spacial score (nSPS) is 10.5. The number of ether oxygens (including phenoxy) is 1. The van der Waals surface area contributed by atoms with Gasteiger partial charge in [0, 0.05) is 11.9 Å². The van der Waals surface area contributed by atoms with E-state index in [-0.39, 0.29) is 5.91 Å². The average Bonchev–Trinajstić information content (AvgIpc) is 2.61. The molecule has 1 heterocycles. The fourth-order valence-electron chi connectivity index (χ4n) is 2.38. The Bertz CT molecular complexity index is 811. The number of hydrogen-bond acceptors (Lipinski definition) is 4. The van der Waals surface area contributed by atoms with E-state index in [1.165, 1.54) is 6.33 Å². The average molecular weight is 307 g/mol. The van der Waals surface area contributed by atoms with Crippen LogP contribution in [-0.4, -0.2) is 29.5 Å². The Kier molecular flexibility index (Phi) is 4.47. The zero-order valence-electron chi connectivity index (χ0n) is 12.8. The Labute approximate surface area is 134 Å². The van der Waals surface area contributed by atoms with E-state index in [4.69, 9.17) is 4.74 Å². The standard InChI is InChI=1S/C18H17N3O2/c1-23-14-8-6-13(7-9-14)10-11-19-18(22)17-15-4-2-3-5-16(15)20-12-21-17/h2-9,12H,10-11H2,1H3,(H,19,22). The predicted octanol–water partition coefficient (Wildman–Crippen LogP) is 2.61. The van der Waals surface area contributed by atoms with Crippen molar-refractivity contribution in [1.29, 1.82) is 0 Å². The van der Waals surface area contributed by atoms with Gasteiger partial charge in [0.05, 0.1) is 12.6 Å². The van der Waals surface area contributed by atoms with Gasteiger partial charge in [-0.25, -0.2) is 9.97 Å². The van der Waals surface area contributed by atoms with Crippen molar-refractivity contribution in [2.45, 2.75) is 6.42 Å². The Morgan fingerprint density at radius 2 is 1.87 bits per heavy atom. The van der Waals surface area contributed by atoms with Gasteiger partial charge in [-0.15, -0.1) is 0 Å². The van der Waals surface area contributed by atoms with Crippen LogP contribution in [0.1, 0.15) is 16.1 Å². The fourth-order valence-corrected chi connectivity index (χ4v) is 2.38. The SMILES string of the molecule is COc1ccc(CCNC(=O)c2ncnc3ccccc23)cc1. The van der Waals surface area contributed by atoms with Crippen LogP contribution in [0.2, 0.25) is 0 Å². The molecule has 0 fully saturated rings. The highest BCUT2D eigenvalue weighted by molar-refractivity contribution is 6.04. The monoisotopic (exact) mass is 307 g/mol. The first-order valence-electron chi connectivity index (χ1n) is 7.39. The summed E-state index contributed by atoms with van der Waals surface area (Å²) in [7, 11) is 1.64. The Hall–Kier alpha value is -2.95. The molecule has 0 unspecified atom stereocenters. The number of nitrogens with one attached hydrogen (secondary N) is 1. The Balaban J connectivity index is 1.64. The summed E-state index contributed by atoms with van der Waals surface area (Å²) in [5.41, 5.74) is 2.31. The van der Waals surface area contributed by atoms with E-state index in [2.05, 4.69) is 15.3 Å². The summed E-state index contributed by atoms with van der Waals surface area (Å²) in [6.45, 7) is 0.545. The van der Waals surface area contributed by atoms with Crippen molar-refractivity contribution in [1.82, 2.24) is 15.3 Å². The van der Waals surface area contributed by atoms with Crippen molar-refractivity contribution >= 4 is 16.8 Å². The Morgan fingerprint density at radius 3 is 2.65 bits per heavy atom. The minimum atomic E-state index is -0.183. The van der Waals surface area contributed by atoms with E-state index in [1.54, 1.807) is 7.11 Å². The van der Waals surface area contributed by atoms with Gasteiger partial charge in [0.2, 0.25) is 0 Å². The first-order chi connectivity index (χ1) is 11.3. The van der Waals surface area contributed by atoms with Crippen LogP contribution in [0.4, 0.5) is 0 Å².